The number of hydrogen-bond acceptors (Lipinski definition) is 3. The minimum atomic E-state index is 0.419. The summed E-state index contributed by atoms with van der Waals surface area (Å²) in [5.41, 5.74) is 1.20. The van der Waals surface area contributed by atoms with Gasteiger partial charge in [-0.3, -0.25) is 4.99 Å². The summed E-state index contributed by atoms with van der Waals surface area (Å²) in [6, 6.07) is 8.54. The summed E-state index contributed by atoms with van der Waals surface area (Å²) < 4.78 is 0. The van der Waals surface area contributed by atoms with E-state index in [-0.39, 0.29) is 0 Å². The second-order valence-electron chi connectivity index (χ2n) is 7.32. The van der Waals surface area contributed by atoms with E-state index >= 15 is 0 Å². The van der Waals surface area contributed by atoms with Crippen LogP contribution < -0.4 is 15.5 Å². The van der Waals surface area contributed by atoms with Crippen molar-refractivity contribution in [3.8, 4) is 0 Å². The van der Waals surface area contributed by atoms with Gasteiger partial charge in [-0.1, -0.05) is 24.6 Å². The number of likely N-dealkylation sites (tertiary alicyclic amines) is 1. The van der Waals surface area contributed by atoms with Crippen LogP contribution >= 0.6 is 11.6 Å². The van der Waals surface area contributed by atoms with Gasteiger partial charge >= 0.3 is 0 Å². The topological polar surface area (TPSA) is 42.9 Å². The van der Waals surface area contributed by atoms with Gasteiger partial charge in [-0.15, -0.1) is 0 Å². The molecule has 2 aliphatic rings. The normalized spacial score (nSPS) is 24.3. The molecule has 0 aromatic heterocycles. The van der Waals surface area contributed by atoms with Gasteiger partial charge in [-0.25, -0.2) is 0 Å². The molecule has 0 saturated carbocycles. The first-order chi connectivity index (χ1) is 12.7. The molecule has 0 amide bonds. The van der Waals surface area contributed by atoms with Gasteiger partial charge in [0.2, 0.25) is 0 Å². The average Bonchev–Trinajstić information content (AvgIpc) is 3.29. The van der Waals surface area contributed by atoms with E-state index in [1.807, 2.05) is 18.2 Å². The van der Waals surface area contributed by atoms with E-state index in [1.54, 1.807) is 0 Å². The highest BCUT2D eigenvalue weighted by molar-refractivity contribution is 6.30. The molecule has 2 unspecified atom stereocenters. The summed E-state index contributed by atoms with van der Waals surface area (Å²) in [5, 5.41) is 7.84. The summed E-state index contributed by atoms with van der Waals surface area (Å²) in [6.07, 6.45) is 2.38. The lowest BCUT2D eigenvalue weighted by Crippen LogP contribution is -2.45. The third-order valence-electron chi connectivity index (χ3n) is 5.37. The lowest BCUT2D eigenvalue weighted by Gasteiger charge is -2.21. The van der Waals surface area contributed by atoms with Crippen molar-refractivity contribution >= 4 is 23.2 Å². The molecule has 1 aromatic rings. The van der Waals surface area contributed by atoms with E-state index in [0.717, 1.165) is 50.1 Å². The molecule has 5 nitrogen and oxygen atoms in total. The van der Waals surface area contributed by atoms with Crippen LogP contribution in [-0.2, 0) is 0 Å². The highest BCUT2D eigenvalue weighted by atomic mass is 35.5. The van der Waals surface area contributed by atoms with Crippen LogP contribution in [0.3, 0.4) is 0 Å². The van der Waals surface area contributed by atoms with Crippen molar-refractivity contribution in [1.82, 2.24) is 15.5 Å². The van der Waals surface area contributed by atoms with Crippen molar-refractivity contribution in [3.63, 3.8) is 0 Å². The van der Waals surface area contributed by atoms with Gasteiger partial charge in [0.25, 0.3) is 0 Å². The largest absolute Gasteiger partial charge is 0.369 e. The predicted molar refractivity (Wildman–Crippen MR) is 111 cm³/mol. The van der Waals surface area contributed by atoms with E-state index in [4.69, 9.17) is 16.6 Å². The van der Waals surface area contributed by atoms with E-state index in [2.05, 4.69) is 40.3 Å². The third-order valence-corrected chi connectivity index (χ3v) is 5.61. The summed E-state index contributed by atoms with van der Waals surface area (Å²) in [6.45, 7) is 11.8. The maximum absolute atomic E-state index is 6.13. The van der Waals surface area contributed by atoms with Crippen LogP contribution in [0.25, 0.3) is 0 Å². The first kappa shape index (κ1) is 19.3. The molecule has 2 aliphatic heterocycles. The fourth-order valence-electron chi connectivity index (χ4n) is 3.87. The highest BCUT2D eigenvalue weighted by Crippen LogP contribution is 2.23. The van der Waals surface area contributed by atoms with Gasteiger partial charge in [0, 0.05) is 49.5 Å². The standard InChI is InChI=1S/C20H32ClN5/c1-3-22-20(23-13-16-8-10-25(4-2)14-16)24-18-9-11-26(15-18)19-7-5-6-17(21)12-19/h5-7,12,16,18H,3-4,8-11,13-15H2,1-2H3,(H2,22,23,24). The molecule has 0 aliphatic carbocycles. The first-order valence-corrected chi connectivity index (χ1v) is 10.3. The SMILES string of the molecule is CCNC(=NCC1CCN(CC)C1)NC1CCN(c2cccc(Cl)c2)C1. The Balaban J connectivity index is 1.52. The minimum absolute atomic E-state index is 0.419. The van der Waals surface area contributed by atoms with Crippen LogP contribution in [0.1, 0.15) is 26.7 Å². The molecule has 2 heterocycles. The molecule has 2 N–H and O–H groups in total. The minimum Gasteiger partial charge on any atom is -0.369 e. The quantitative estimate of drug-likeness (QED) is 0.591. The van der Waals surface area contributed by atoms with Gasteiger partial charge in [0.05, 0.1) is 0 Å². The number of hydrogen-bond donors (Lipinski definition) is 2. The number of nitrogens with zero attached hydrogens (tertiary/aromatic N) is 3. The van der Waals surface area contributed by atoms with Crippen molar-refractivity contribution in [1.29, 1.82) is 0 Å². The van der Waals surface area contributed by atoms with Crippen LogP contribution in [0, 0.1) is 5.92 Å². The molecule has 0 bridgehead atoms. The van der Waals surface area contributed by atoms with Crippen LogP contribution in [0.4, 0.5) is 5.69 Å². The Bertz CT molecular complexity index is 606. The van der Waals surface area contributed by atoms with Crippen molar-refractivity contribution in [2.75, 3.05) is 50.7 Å². The van der Waals surface area contributed by atoms with Gasteiger partial charge in [-0.05, 0) is 57.0 Å². The Kier molecular flexibility index (Phi) is 7.03. The zero-order chi connectivity index (χ0) is 18.4. The molecule has 0 radical (unpaired) electrons. The second-order valence-corrected chi connectivity index (χ2v) is 7.76. The van der Waals surface area contributed by atoms with Crippen molar-refractivity contribution < 1.29 is 0 Å². The fourth-order valence-corrected chi connectivity index (χ4v) is 4.05. The highest BCUT2D eigenvalue weighted by Gasteiger charge is 2.24. The van der Waals surface area contributed by atoms with Gasteiger partial charge in [0.1, 0.15) is 0 Å². The van der Waals surface area contributed by atoms with E-state index < -0.39 is 0 Å². The Morgan fingerprint density at radius 3 is 2.85 bits per heavy atom. The van der Waals surface area contributed by atoms with E-state index in [1.165, 1.54) is 25.2 Å². The monoisotopic (exact) mass is 377 g/mol. The molecule has 6 heteroatoms. The summed E-state index contributed by atoms with van der Waals surface area (Å²) in [5.74, 6) is 1.65. The Morgan fingerprint density at radius 1 is 1.23 bits per heavy atom. The van der Waals surface area contributed by atoms with Crippen LogP contribution in [0.2, 0.25) is 5.02 Å². The van der Waals surface area contributed by atoms with Crippen LogP contribution in [0.15, 0.2) is 29.3 Å². The summed E-state index contributed by atoms with van der Waals surface area (Å²) in [4.78, 5) is 9.77. The zero-order valence-corrected chi connectivity index (χ0v) is 16.8. The molecule has 3 rings (SSSR count). The molecule has 2 fully saturated rings. The summed E-state index contributed by atoms with van der Waals surface area (Å²) in [7, 11) is 0. The number of guanidine groups is 1. The molecule has 2 atom stereocenters. The van der Waals surface area contributed by atoms with Gasteiger partial charge < -0.3 is 20.4 Å². The van der Waals surface area contributed by atoms with E-state index in [0.29, 0.717) is 12.0 Å². The molecule has 2 saturated heterocycles. The number of nitrogens with one attached hydrogen (secondary N) is 2. The smallest absolute Gasteiger partial charge is 0.191 e. The molecular weight excluding hydrogens is 346 g/mol. The molecule has 1 aromatic carbocycles. The molecule has 0 spiro atoms. The Hall–Kier alpha value is -1.46. The fraction of sp³-hybridized carbons (Fsp3) is 0.650. The van der Waals surface area contributed by atoms with Crippen LogP contribution in [-0.4, -0.2) is 62.7 Å². The predicted octanol–water partition coefficient (Wildman–Crippen LogP) is 2.82. The number of benzene rings is 1. The Labute approximate surface area is 162 Å². The lowest BCUT2D eigenvalue weighted by molar-refractivity contribution is 0.343. The average molecular weight is 378 g/mol. The van der Waals surface area contributed by atoms with E-state index in [9.17, 15) is 0 Å². The lowest BCUT2D eigenvalue weighted by atomic mass is 10.1. The maximum Gasteiger partial charge on any atom is 0.191 e. The van der Waals surface area contributed by atoms with Crippen molar-refractivity contribution in [2.24, 2.45) is 10.9 Å². The third kappa shape index (κ3) is 5.27. The number of halogens is 1. The zero-order valence-electron chi connectivity index (χ0n) is 16.0. The summed E-state index contributed by atoms with van der Waals surface area (Å²) >= 11 is 6.13. The molecular formula is C20H32ClN5. The Morgan fingerprint density at radius 2 is 2.12 bits per heavy atom. The van der Waals surface area contributed by atoms with Gasteiger partial charge in [0.15, 0.2) is 5.96 Å². The first-order valence-electron chi connectivity index (χ1n) is 9.95. The van der Waals surface area contributed by atoms with Crippen molar-refractivity contribution in [3.05, 3.63) is 29.3 Å². The number of rotatable bonds is 6. The molecule has 26 heavy (non-hydrogen) atoms. The second kappa shape index (κ2) is 9.47. The van der Waals surface area contributed by atoms with Crippen LogP contribution in [0.5, 0.6) is 0 Å². The number of aliphatic imine (C=N–C) groups is 1. The maximum atomic E-state index is 6.13. The number of anilines is 1. The van der Waals surface area contributed by atoms with Crippen molar-refractivity contribution in [2.45, 2.75) is 32.7 Å². The molecule has 144 valence electrons. The van der Waals surface area contributed by atoms with Gasteiger partial charge in [-0.2, -0.15) is 0 Å².